The van der Waals surface area contributed by atoms with Gasteiger partial charge in [0.1, 0.15) is 11.6 Å². The SMILES string of the molecule is C[C@@H]1CCCCN1c1cc(N2CCN(c3ccccc3)CC2)nc(NC(=S)NCC2(c3ccc(Cl)cc3)CCCC2)n1. The van der Waals surface area contributed by atoms with Crippen molar-refractivity contribution >= 4 is 52.2 Å². The molecule has 0 unspecified atom stereocenters. The van der Waals surface area contributed by atoms with E-state index in [1.165, 1.54) is 43.4 Å². The molecule has 0 radical (unpaired) electrons. The molecule has 2 aromatic carbocycles. The summed E-state index contributed by atoms with van der Waals surface area (Å²) >= 11 is 12.0. The Morgan fingerprint density at radius 2 is 1.57 bits per heavy atom. The topological polar surface area (TPSA) is 59.6 Å². The average Bonchev–Trinajstić information content (AvgIpc) is 3.51. The fourth-order valence-electron chi connectivity index (χ4n) is 6.88. The van der Waals surface area contributed by atoms with Crippen LogP contribution in [0.4, 0.5) is 23.3 Å². The third kappa shape index (κ3) is 6.60. The number of hydrogen-bond acceptors (Lipinski definition) is 6. The van der Waals surface area contributed by atoms with Gasteiger partial charge in [-0.25, -0.2) is 0 Å². The molecule has 6 rings (SSSR count). The van der Waals surface area contributed by atoms with E-state index in [4.69, 9.17) is 33.8 Å². The first-order valence-electron chi connectivity index (χ1n) is 15.5. The van der Waals surface area contributed by atoms with Crippen LogP contribution >= 0.6 is 23.8 Å². The zero-order valence-corrected chi connectivity index (χ0v) is 26.1. The van der Waals surface area contributed by atoms with E-state index in [9.17, 15) is 0 Å². The molecule has 1 aromatic heterocycles. The molecule has 3 heterocycles. The van der Waals surface area contributed by atoms with Crippen molar-refractivity contribution in [3.8, 4) is 0 Å². The van der Waals surface area contributed by atoms with Crippen LogP contribution in [0.2, 0.25) is 5.02 Å². The molecule has 1 atom stereocenters. The normalized spacial score (nSPS) is 20.4. The Hall–Kier alpha value is -3.10. The minimum absolute atomic E-state index is 0.0614. The van der Waals surface area contributed by atoms with E-state index in [-0.39, 0.29) is 5.41 Å². The van der Waals surface area contributed by atoms with Crippen molar-refractivity contribution in [3.05, 3.63) is 71.2 Å². The van der Waals surface area contributed by atoms with Gasteiger partial charge in [-0.2, -0.15) is 9.97 Å². The van der Waals surface area contributed by atoms with Crippen LogP contribution in [0.5, 0.6) is 0 Å². The second kappa shape index (κ2) is 13.0. The standard InChI is InChI=1S/C33H42ClN7S/c1-25-9-5-8-18-41(25)30-23-29(40-21-19-39(20-22-40)28-10-3-2-4-11-28)36-31(37-30)38-32(42)35-24-33(16-6-7-17-33)26-12-14-27(34)15-13-26/h2-4,10-15,23,25H,5-9,16-22,24H2,1H3,(H2,35,36,37,38,42)/t25-/m1/s1. The summed E-state index contributed by atoms with van der Waals surface area (Å²) in [5.41, 5.74) is 2.67. The van der Waals surface area contributed by atoms with Crippen LogP contribution in [0.15, 0.2) is 60.7 Å². The predicted molar refractivity (Wildman–Crippen MR) is 179 cm³/mol. The van der Waals surface area contributed by atoms with Crippen molar-refractivity contribution in [2.24, 2.45) is 0 Å². The van der Waals surface area contributed by atoms with E-state index in [1.807, 2.05) is 12.1 Å². The maximum atomic E-state index is 6.19. The van der Waals surface area contributed by atoms with Gasteiger partial charge in [-0.3, -0.25) is 0 Å². The van der Waals surface area contributed by atoms with Gasteiger partial charge in [-0.1, -0.05) is 54.8 Å². The zero-order chi connectivity index (χ0) is 28.9. The molecule has 1 aliphatic carbocycles. The van der Waals surface area contributed by atoms with Crippen molar-refractivity contribution in [1.29, 1.82) is 0 Å². The van der Waals surface area contributed by atoms with Crippen LogP contribution in [0.25, 0.3) is 0 Å². The number of nitrogens with zero attached hydrogens (tertiary/aromatic N) is 5. The fourth-order valence-corrected chi connectivity index (χ4v) is 7.17. The summed E-state index contributed by atoms with van der Waals surface area (Å²) in [6.07, 6.45) is 8.38. The molecule has 42 heavy (non-hydrogen) atoms. The van der Waals surface area contributed by atoms with Gasteiger partial charge in [-0.15, -0.1) is 0 Å². The van der Waals surface area contributed by atoms with E-state index in [0.29, 0.717) is 17.1 Å². The van der Waals surface area contributed by atoms with Gasteiger partial charge in [0, 0.05) is 67.5 Å². The molecule has 3 fully saturated rings. The summed E-state index contributed by atoms with van der Waals surface area (Å²) in [7, 11) is 0. The van der Waals surface area contributed by atoms with Crippen molar-refractivity contribution in [2.75, 3.05) is 59.3 Å². The number of benzene rings is 2. The Labute approximate surface area is 260 Å². The smallest absolute Gasteiger partial charge is 0.232 e. The minimum Gasteiger partial charge on any atom is -0.368 e. The molecule has 2 aliphatic heterocycles. The summed E-state index contributed by atoms with van der Waals surface area (Å²) in [5, 5.41) is 8.24. The number of halogens is 1. The van der Waals surface area contributed by atoms with Gasteiger partial charge in [0.15, 0.2) is 5.11 Å². The first-order valence-corrected chi connectivity index (χ1v) is 16.3. The van der Waals surface area contributed by atoms with Gasteiger partial charge < -0.3 is 25.3 Å². The van der Waals surface area contributed by atoms with Gasteiger partial charge in [0.05, 0.1) is 0 Å². The quantitative estimate of drug-likeness (QED) is 0.292. The average molecular weight is 604 g/mol. The first-order chi connectivity index (χ1) is 20.5. The lowest BCUT2D eigenvalue weighted by atomic mass is 9.79. The highest BCUT2D eigenvalue weighted by Gasteiger charge is 2.35. The second-order valence-corrected chi connectivity index (χ2v) is 12.9. The van der Waals surface area contributed by atoms with Gasteiger partial charge >= 0.3 is 0 Å². The number of piperidine rings is 1. The van der Waals surface area contributed by atoms with Crippen LogP contribution in [0, 0.1) is 0 Å². The van der Waals surface area contributed by atoms with Gasteiger partial charge in [0.25, 0.3) is 0 Å². The lowest BCUT2D eigenvalue weighted by Gasteiger charge is -2.38. The van der Waals surface area contributed by atoms with Gasteiger partial charge in [0.2, 0.25) is 5.95 Å². The molecule has 0 spiro atoms. The zero-order valence-electron chi connectivity index (χ0n) is 24.6. The maximum Gasteiger partial charge on any atom is 0.232 e. The van der Waals surface area contributed by atoms with Crippen LogP contribution in [-0.4, -0.2) is 60.4 Å². The molecular formula is C33H42ClN7S. The third-order valence-electron chi connectivity index (χ3n) is 9.35. The molecular weight excluding hydrogens is 562 g/mol. The molecule has 3 aromatic rings. The maximum absolute atomic E-state index is 6.19. The summed E-state index contributed by atoms with van der Waals surface area (Å²) in [6.45, 7) is 7.83. The number of nitrogens with one attached hydrogen (secondary N) is 2. The minimum atomic E-state index is 0.0614. The second-order valence-electron chi connectivity index (χ2n) is 12.1. The van der Waals surface area contributed by atoms with Crippen molar-refractivity contribution in [1.82, 2.24) is 15.3 Å². The van der Waals surface area contributed by atoms with Crippen molar-refractivity contribution in [2.45, 2.75) is 63.3 Å². The van der Waals surface area contributed by atoms with E-state index in [1.54, 1.807) is 0 Å². The Morgan fingerprint density at radius 3 is 2.29 bits per heavy atom. The lowest BCUT2D eigenvalue weighted by Crippen LogP contribution is -2.47. The highest BCUT2D eigenvalue weighted by molar-refractivity contribution is 7.80. The van der Waals surface area contributed by atoms with Crippen LogP contribution in [-0.2, 0) is 5.41 Å². The molecule has 9 heteroatoms. The predicted octanol–water partition coefficient (Wildman–Crippen LogP) is 6.63. The lowest BCUT2D eigenvalue weighted by molar-refractivity contribution is 0.435. The Morgan fingerprint density at radius 1 is 0.881 bits per heavy atom. The molecule has 1 saturated carbocycles. The molecule has 3 aliphatic rings. The highest BCUT2D eigenvalue weighted by Crippen LogP contribution is 2.41. The van der Waals surface area contributed by atoms with Gasteiger partial charge in [-0.05, 0) is 81.1 Å². The molecule has 7 nitrogen and oxygen atoms in total. The van der Waals surface area contributed by atoms with E-state index in [2.05, 4.69) is 80.8 Å². The largest absolute Gasteiger partial charge is 0.368 e. The molecule has 0 amide bonds. The number of hydrogen-bond donors (Lipinski definition) is 2. The fraction of sp³-hybridized carbons (Fsp3) is 0.485. The molecule has 2 N–H and O–H groups in total. The summed E-state index contributed by atoms with van der Waals surface area (Å²) in [4.78, 5) is 17.3. The number of rotatable bonds is 7. The van der Waals surface area contributed by atoms with Crippen molar-refractivity contribution in [3.63, 3.8) is 0 Å². The number of piperazine rings is 1. The Balaban J connectivity index is 1.18. The molecule has 0 bridgehead atoms. The van der Waals surface area contributed by atoms with E-state index >= 15 is 0 Å². The van der Waals surface area contributed by atoms with Crippen LogP contribution in [0.1, 0.15) is 57.4 Å². The van der Waals surface area contributed by atoms with Crippen LogP contribution < -0.4 is 25.3 Å². The Kier molecular flexibility index (Phi) is 9.00. The molecule has 2 saturated heterocycles. The number of anilines is 4. The van der Waals surface area contributed by atoms with E-state index in [0.717, 1.165) is 68.8 Å². The van der Waals surface area contributed by atoms with Crippen molar-refractivity contribution < 1.29 is 0 Å². The number of thiocarbonyl (C=S) groups is 1. The summed E-state index contributed by atoms with van der Waals surface area (Å²) in [5.74, 6) is 2.51. The first kappa shape index (κ1) is 29.0. The highest BCUT2D eigenvalue weighted by atomic mass is 35.5. The molecule has 222 valence electrons. The summed E-state index contributed by atoms with van der Waals surface area (Å²) in [6, 6.07) is 21.6. The summed E-state index contributed by atoms with van der Waals surface area (Å²) < 4.78 is 0. The Bertz CT molecular complexity index is 1340. The third-order valence-corrected chi connectivity index (χ3v) is 9.85. The monoisotopic (exact) mass is 603 g/mol. The number of para-hydroxylation sites is 1. The van der Waals surface area contributed by atoms with Crippen LogP contribution in [0.3, 0.4) is 0 Å². The number of aromatic nitrogens is 2. The van der Waals surface area contributed by atoms with E-state index < -0.39 is 0 Å².